The standard InChI is InChI=1S/C31H48N5O21P3S2/c1-5-20(29(43)44)34-28(42)19(12-26(40)41)11-22(38)21(33-17(2)37)8-9-31(3,4)62-61-16-53-10-6-7-18-14-36(30(45)35-27(18)32)25-13-23(39)24(55-25)15-54-59(49,50)57-60(51,52)56-58(46,47)48/h14,19-21,23-25,39H,5,8-13,15-16H2,1-4H3,(H,33,37)(H,34,42)(H,40,41)(H,43,44)(H,49,50)(H,51,52)(H2,32,35,45)(H2,46,47,48). The Balaban J connectivity index is 1.94. The molecule has 2 heterocycles. The molecule has 62 heavy (non-hydrogen) atoms. The summed E-state index contributed by atoms with van der Waals surface area (Å²) in [6, 6.07) is -2.33. The zero-order valence-electron chi connectivity index (χ0n) is 33.4. The third-order valence-corrected chi connectivity index (χ3v) is 15.0. The fourth-order valence-electron chi connectivity index (χ4n) is 5.31. The number of nitrogens with zero attached hydrogens (tertiary/aromatic N) is 2. The number of carbonyl (C=O) groups is 5. The quantitative estimate of drug-likeness (QED) is 0.0200. The monoisotopic (exact) mass is 983 g/mol. The fourth-order valence-corrected chi connectivity index (χ4v) is 10.6. The topological polar surface area (TPSA) is 409 Å². The van der Waals surface area contributed by atoms with E-state index in [1.54, 1.807) is 0 Å². The van der Waals surface area contributed by atoms with Crippen LogP contribution < -0.4 is 22.1 Å². The molecular formula is C31H48N5O21P3S2. The van der Waals surface area contributed by atoms with Gasteiger partial charge in [0.2, 0.25) is 11.8 Å². The van der Waals surface area contributed by atoms with Crippen LogP contribution in [0.25, 0.3) is 0 Å². The second-order valence-electron chi connectivity index (χ2n) is 13.8. The molecule has 1 aliphatic heterocycles. The van der Waals surface area contributed by atoms with Crippen LogP contribution in [-0.2, 0) is 60.3 Å². The third-order valence-electron chi connectivity index (χ3n) is 8.19. The van der Waals surface area contributed by atoms with Crippen molar-refractivity contribution in [2.75, 3.05) is 24.9 Å². The van der Waals surface area contributed by atoms with E-state index in [4.69, 9.17) is 25.0 Å². The maximum atomic E-state index is 13.3. The number of rotatable bonds is 26. The summed E-state index contributed by atoms with van der Waals surface area (Å²) < 4.78 is 57.6. The number of carbonyl (C=O) groups excluding carboxylic acids is 3. The molecule has 1 aromatic rings. The van der Waals surface area contributed by atoms with Gasteiger partial charge in [-0.05, 0) is 33.1 Å². The van der Waals surface area contributed by atoms with E-state index in [2.05, 4.69) is 40.6 Å². The van der Waals surface area contributed by atoms with E-state index in [-0.39, 0.29) is 43.2 Å². The fraction of sp³-hybridized carbons (Fsp3) is 0.645. The predicted octanol–water partition coefficient (Wildman–Crippen LogP) is 0.617. The van der Waals surface area contributed by atoms with Crippen molar-refractivity contribution in [1.29, 1.82) is 0 Å². The molecule has 1 saturated heterocycles. The van der Waals surface area contributed by atoms with E-state index >= 15 is 0 Å². The van der Waals surface area contributed by atoms with E-state index in [0.29, 0.717) is 6.42 Å². The number of amides is 2. The lowest BCUT2D eigenvalue weighted by molar-refractivity contribution is -0.144. The lowest BCUT2D eigenvalue weighted by Gasteiger charge is -2.26. The van der Waals surface area contributed by atoms with Gasteiger partial charge in [0.05, 0.1) is 36.7 Å². The minimum atomic E-state index is -5.79. The molecule has 0 aromatic carbocycles. The molecule has 31 heteroatoms. The Hall–Kier alpha value is -3.22. The molecule has 0 saturated carbocycles. The van der Waals surface area contributed by atoms with Gasteiger partial charge in [-0.1, -0.05) is 40.4 Å². The van der Waals surface area contributed by atoms with Crippen molar-refractivity contribution < 1.29 is 95.2 Å². The first-order chi connectivity index (χ1) is 28.5. The SMILES string of the molecule is CCC(NC(=O)C(CC(=O)O)CC(=O)C(CCC(C)(C)SSCOCC#Cc1cn(C2CC(O)C(COP(=O)(O)OP(=O)(O)OP(=O)(O)O)O2)c(=O)nc1N)NC(C)=O)C(=O)O. The van der Waals surface area contributed by atoms with E-state index in [0.717, 1.165) is 4.57 Å². The first-order valence-corrected chi connectivity index (χ1v) is 24.8. The second-order valence-corrected chi connectivity index (χ2v) is 21.2. The van der Waals surface area contributed by atoms with Crippen LogP contribution in [0.3, 0.4) is 0 Å². The van der Waals surface area contributed by atoms with Crippen LogP contribution in [0.2, 0.25) is 0 Å². The van der Waals surface area contributed by atoms with Crippen molar-refractivity contribution >= 4 is 80.4 Å². The summed E-state index contributed by atoms with van der Waals surface area (Å²) in [7, 11) is -14.2. The number of nitrogens with two attached hydrogens (primary N) is 1. The average molecular weight is 984 g/mol. The highest BCUT2D eigenvalue weighted by molar-refractivity contribution is 8.77. The molecule has 8 unspecified atom stereocenters. The van der Waals surface area contributed by atoms with Gasteiger partial charge < -0.3 is 60.7 Å². The van der Waals surface area contributed by atoms with Crippen molar-refractivity contribution in [3.8, 4) is 11.8 Å². The van der Waals surface area contributed by atoms with Crippen LogP contribution in [0.15, 0.2) is 11.0 Å². The van der Waals surface area contributed by atoms with Crippen molar-refractivity contribution in [2.45, 2.75) is 101 Å². The first-order valence-electron chi connectivity index (χ1n) is 18.0. The van der Waals surface area contributed by atoms with Gasteiger partial charge >= 0.3 is 41.1 Å². The van der Waals surface area contributed by atoms with E-state index < -0.39 is 119 Å². The van der Waals surface area contributed by atoms with E-state index in [1.165, 1.54) is 41.6 Å². The lowest BCUT2D eigenvalue weighted by atomic mass is 9.91. The van der Waals surface area contributed by atoms with Gasteiger partial charge in [0.1, 0.15) is 36.7 Å². The third kappa shape index (κ3) is 20.1. The first kappa shape index (κ1) is 54.9. The van der Waals surface area contributed by atoms with Gasteiger partial charge in [0.25, 0.3) is 0 Å². The number of carboxylic acid groups (broad SMARTS) is 2. The number of carboxylic acids is 2. The molecule has 0 aliphatic carbocycles. The Kier molecular flexibility index (Phi) is 21.4. The van der Waals surface area contributed by atoms with E-state index in [1.807, 2.05) is 13.8 Å². The number of Topliss-reactive ketones (excluding diaryl/α,β-unsaturated/α-hetero) is 1. The number of aliphatic hydroxyl groups is 1. The number of hydrogen-bond acceptors (Lipinski definition) is 19. The van der Waals surface area contributed by atoms with E-state index in [9.17, 15) is 67.6 Å². The average Bonchev–Trinajstić information content (AvgIpc) is 3.48. The number of ether oxygens (including phenoxy) is 2. The molecule has 11 N–H and O–H groups in total. The summed E-state index contributed by atoms with van der Waals surface area (Å²) in [4.78, 5) is 113. The molecule has 0 radical (unpaired) electrons. The smallest absolute Gasteiger partial charge is 0.481 e. The van der Waals surface area contributed by atoms with Gasteiger partial charge in [0.15, 0.2) is 5.78 Å². The van der Waals surface area contributed by atoms with Crippen molar-refractivity contribution in [1.82, 2.24) is 20.2 Å². The van der Waals surface area contributed by atoms with Gasteiger partial charge in [0, 0.05) is 30.7 Å². The Morgan fingerprint density at radius 2 is 1.73 bits per heavy atom. The van der Waals surface area contributed by atoms with Crippen molar-refractivity contribution in [3.05, 3.63) is 22.2 Å². The van der Waals surface area contributed by atoms with Crippen molar-refractivity contribution in [3.63, 3.8) is 0 Å². The van der Waals surface area contributed by atoms with Crippen LogP contribution in [0.4, 0.5) is 5.82 Å². The molecule has 2 rings (SSSR count). The molecule has 2 amide bonds. The summed E-state index contributed by atoms with van der Waals surface area (Å²) in [5.74, 6) is -0.844. The Morgan fingerprint density at radius 1 is 1.06 bits per heavy atom. The highest BCUT2D eigenvalue weighted by Crippen LogP contribution is 2.66. The molecule has 1 aromatic heterocycles. The number of anilines is 1. The maximum Gasteiger partial charge on any atom is 0.490 e. The lowest BCUT2D eigenvalue weighted by Crippen LogP contribution is -2.46. The molecule has 0 spiro atoms. The number of phosphoric ester groups is 1. The van der Waals surface area contributed by atoms with Crippen LogP contribution in [0.5, 0.6) is 0 Å². The summed E-state index contributed by atoms with van der Waals surface area (Å²) in [6.07, 6.45) is -3.98. The summed E-state index contributed by atoms with van der Waals surface area (Å²) >= 11 is 0. The highest BCUT2D eigenvalue weighted by Gasteiger charge is 2.43. The zero-order valence-corrected chi connectivity index (χ0v) is 37.7. The van der Waals surface area contributed by atoms with Crippen LogP contribution in [-0.4, -0.2) is 122 Å². The molecule has 8 atom stereocenters. The molecular weight excluding hydrogens is 935 g/mol. The molecule has 350 valence electrons. The highest BCUT2D eigenvalue weighted by atomic mass is 33.1. The molecule has 1 aliphatic rings. The summed E-state index contributed by atoms with van der Waals surface area (Å²) in [6.45, 7) is 5.36. The Bertz CT molecular complexity index is 2060. The van der Waals surface area contributed by atoms with Gasteiger partial charge in [-0.3, -0.25) is 28.3 Å². The number of aromatic nitrogens is 2. The molecule has 26 nitrogen and oxygen atoms in total. The van der Waals surface area contributed by atoms with Crippen LogP contribution in [0, 0.1) is 17.8 Å². The van der Waals surface area contributed by atoms with Gasteiger partial charge in [-0.15, -0.1) is 0 Å². The number of phosphoric acid groups is 3. The molecule has 0 bridgehead atoms. The Morgan fingerprint density at radius 3 is 2.31 bits per heavy atom. The van der Waals surface area contributed by atoms with Crippen molar-refractivity contribution in [2.24, 2.45) is 5.92 Å². The normalized spacial score (nSPS) is 20.0. The predicted molar refractivity (Wildman–Crippen MR) is 216 cm³/mol. The number of nitrogen functional groups attached to an aromatic ring is 1. The van der Waals surface area contributed by atoms with Gasteiger partial charge in [-0.2, -0.15) is 13.6 Å². The number of hydrogen-bond donors (Lipinski definition) is 10. The minimum Gasteiger partial charge on any atom is -0.481 e. The number of aliphatic carboxylic acids is 2. The summed E-state index contributed by atoms with van der Waals surface area (Å²) in [5, 5.41) is 33.8. The number of ketones is 1. The minimum absolute atomic E-state index is 0.0273. The Labute approximate surface area is 361 Å². The number of aliphatic hydroxyl groups excluding tert-OH is 1. The van der Waals surface area contributed by atoms with Crippen LogP contribution in [0.1, 0.15) is 78.0 Å². The van der Waals surface area contributed by atoms with Gasteiger partial charge in [-0.25, -0.2) is 23.3 Å². The molecule has 1 fully saturated rings. The largest absolute Gasteiger partial charge is 0.490 e. The van der Waals surface area contributed by atoms with Crippen LogP contribution >= 0.6 is 45.1 Å². The second kappa shape index (κ2) is 24.2. The zero-order chi connectivity index (χ0) is 47.2. The number of nitrogens with one attached hydrogen (secondary N) is 2. The maximum absolute atomic E-state index is 13.3. The summed E-state index contributed by atoms with van der Waals surface area (Å²) in [5.41, 5.74) is 4.98.